The molecule has 0 bridgehead atoms. The predicted octanol–water partition coefficient (Wildman–Crippen LogP) is 3.98. The molecule has 0 fully saturated rings. The van der Waals surface area contributed by atoms with Gasteiger partial charge in [-0.25, -0.2) is 9.97 Å². The summed E-state index contributed by atoms with van der Waals surface area (Å²) in [4.78, 5) is 12.4. The lowest BCUT2D eigenvalue weighted by Crippen LogP contribution is -2.04. The van der Waals surface area contributed by atoms with Crippen LogP contribution in [-0.4, -0.2) is 19.4 Å². The monoisotopic (exact) mass is 313 g/mol. The van der Waals surface area contributed by atoms with Crippen LogP contribution in [0.15, 0.2) is 67.3 Å². The molecule has 3 heterocycles. The molecule has 0 spiro atoms. The number of nitrogens with zero attached hydrogens (tertiary/aromatic N) is 3. The Morgan fingerprint density at radius 2 is 1.96 bits per heavy atom. The number of benzene rings is 2. The van der Waals surface area contributed by atoms with E-state index in [9.17, 15) is 0 Å². The van der Waals surface area contributed by atoms with Crippen molar-refractivity contribution < 1.29 is 0 Å². The average molecular weight is 313 g/mol. The van der Waals surface area contributed by atoms with Crippen LogP contribution < -0.4 is 5.32 Å². The Balaban J connectivity index is 1.59. The third-order valence-corrected chi connectivity index (χ3v) is 4.37. The first-order valence-electron chi connectivity index (χ1n) is 7.90. The van der Waals surface area contributed by atoms with Gasteiger partial charge < -0.3 is 10.3 Å². The third kappa shape index (κ3) is 1.95. The molecule has 24 heavy (non-hydrogen) atoms. The molecule has 0 amide bonds. The minimum Gasteiger partial charge on any atom is -0.364 e. The van der Waals surface area contributed by atoms with E-state index in [0.717, 1.165) is 27.9 Å². The zero-order valence-electron chi connectivity index (χ0n) is 12.9. The Kier molecular flexibility index (Phi) is 2.79. The van der Waals surface area contributed by atoms with E-state index >= 15 is 0 Å². The molecule has 0 aliphatic heterocycles. The maximum atomic E-state index is 4.78. The zero-order valence-corrected chi connectivity index (χ0v) is 12.9. The summed E-state index contributed by atoms with van der Waals surface area (Å²) in [5.41, 5.74) is 5.36. The van der Waals surface area contributed by atoms with Gasteiger partial charge in [0.25, 0.3) is 0 Å². The fraction of sp³-hybridized carbons (Fsp3) is 0.0526. The molecular weight excluding hydrogens is 298 g/mol. The maximum Gasteiger partial charge on any atom is 0.153 e. The Morgan fingerprint density at radius 3 is 2.96 bits per heavy atom. The van der Waals surface area contributed by atoms with Gasteiger partial charge in [-0.2, -0.15) is 0 Å². The number of H-pyrrole nitrogens is 1. The molecular formula is C19H15N5. The van der Waals surface area contributed by atoms with E-state index < -0.39 is 0 Å². The van der Waals surface area contributed by atoms with Crippen molar-refractivity contribution in [2.24, 2.45) is 0 Å². The van der Waals surface area contributed by atoms with Crippen LogP contribution in [0.25, 0.3) is 27.5 Å². The fourth-order valence-electron chi connectivity index (χ4n) is 3.21. The highest BCUT2D eigenvalue weighted by Crippen LogP contribution is 2.23. The number of nitrogens with one attached hydrogen (secondary N) is 2. The number of rotatable bonds is 3. The molecule has 0 atom stereocenters. The molecule has 0 aliphatic rings. The molecule has 5 nitrogen and oxygen atoms in total. The second kappa shape index (κ2) is 5.09. The van der Waals surface area contributed by atoms with Gasteiger partial charge in [0.15, 0.2) is 5.82 Å². The summed E-state index contributed by atoms with van der Waals surface area (Å²) in [5, 5.41) is 4.69. The minimum atomic E-state index is 0.698. The predicted molar refractivity (Wildman–Crippen MR) is 96.1 cm³/mol. The molecule has 5 heteroatoms. The zero-order chi connectivity index (χ0) is 15.9. The van der Waals surface area contributed by atoms with Crippen LogP contribution in [0.4, 0.5) is 5.82 Å². The number of hydrogen-bond donors (Lipinski definition) is 2. The Labute approximate surface area is 138 Å². The molecule has 0 radical (unpaired) electrons. The molecule has 2 N–H and O–H groups in total. The number of imidazole rings is 1. The van der Waals surface area contributed by atoms with Crippen molar-refractivity contribution >= 4 is 33.3 Å². The lowest BCUT2D eigenvalue weighted by atomic mass is 10.1. The maximum absolute atomic E-state index is 4.78. The van der Waals surface area contributed by atoms with Gasteiger partial charge in [0.1, 0.15) is 5.52 Å². The molecule has 0 saturated carbocycles. The summed E-state index contributed by atoms with van der Waals surface area (Å²) < 4.78 is 2.07. The number of fused-ring (bicyclic) bond motifs is 4. The van der Waals surface area contributed by atoms with Gasteiger partial charge in [0, 0.05) is 12.7 Å². The summed E-state index contributed by atoms with van der Waals surface area (Å²) in [6.45, 7) is 0.698. The van der Waals surface area contributed by atoms with Gasteiger partial charge in [0.2, 0.25) is 0 Å². The van der Waals surface area contributed by atoms with Crippen LogP contribution in [-0.2, 0) is 6.54 Å². The van der Waals surface area contributed by atoms with Crippen molar-refractivity contribution in [3.05, 3.63) is 72.8 Å². The summed E-state index contributed by atoms with van der Waals surface area (Å²) in [7, 11) is 0. The number of para-hydroxylation sites is 3. The quantitative estimate of drug-likeness (QED) is 0.530. The summed E-state index contributed by atoms with van der Waals surface area (Å²) in [6, 6.07) is 16.5. The molecule has 0 unspecified atom stereocenters. The van der Waals surface area contributed by atoms with Gasteiger partial charge in [0.05, 0.1) is 29.1 Å². The average Bonchev–Trinajstić information content (AvgIpc) is 3.29. The second-order valence-corrected chi connectivity index (χ2v) is 5.81. The van der Waals surface area contributed by atoms with Crippen molar-refractivity contribution in [3.8, 4) is 0 Å². The molecule has 116 valence electrons. The first-order chi connectivity index (χ1) is 11.9. The smallest absolute Gasteiger partial charge is 0.153 e. The van der Waals surface area contributed by atoms with Crippen molar-refractivity contribution in [2.75, 3.05) is 5.32 Å². The first kappa shape index (κ1) is 13.1. The van der Waals surface area contributed by atoms with Crippen LogP contribution in [0.3, 0.4) is 0 Å². The Hall–Kier alpha value is -3.34. The van der Waals surface area contributed by atoms with E-state index in [4.69, 9.17) is 4.98 Å². The van der Waals surface area contributed by atoms with Gasteiger partial charge >= 0.3 is 0 Å². The van der Waals surface area contributed by atoms with Crippen LogP contribution in [0.2, 0.25) is 0 Å². The number of hydrogen-bond acceptors (Lipinski definition) is 3. The van der Waals surface area contributed by atoms with Crippen LogP contribution in [0, 0.1) is 0 Å². The molecule has 3 aromatic heterocycles. The topological polar surface area (TPSA) is 58.0 Å². The van der Waals surface area contributed by atoms with E-state index in [-0.39, 0.29) is 0 Å². The molecule has 2 aromatic carbocycles. The van der Waals surface area contributed by atoms with Crippen molar-refractivity contribution in [3.63, 3.8) is 0 Å². The Bertz CT molecular complexity index is 1170. The van der Waals surface area contributed by atoms with Crippen molar-refractivity contribution in [2.45, 2.75) is 6.54 Å². The molecule has 5 rings (SSSR count). The van der Waals surface area contributed by atoms with E-state index in [0.29, 0.717) is 6.54 Å². The third-order valence-electron chi connectivity index (χ3n) is 4.37. The highest BCUT2D eigenvalue weighted by Gasteiger charge is 2.09. The highest BCUT2D eigenvalue weighted by atomic mass is 15.1. The normalized spacial score (nSPS) is 11.5. The first-order valence-corrected chi connectivity index (χ1v) is 7.90. The van der Waals surface area contributed by atoms with Crippen LogP contribution in [0.1, 0.15) is 5.56 Å². The van der Waals surface area contributed by atoms with E-state index in [1.54, 1.807) is 0 Å². The van der Waals surface area contributed by atoms with Crippen molar-refractivity contribution in [1.29, 1.82) is 0 Å². The summed E-state index contributed by atoms with van der Waals surface area (Å²) >= 11 is 0. The minimum absolute atomic E-state index is 0.698. The molecule has 0 aliphatic carbocycles. The Morgan fingerprint density at radius 1 is 1.00 bits per heavy atom. The standard InChI is InChI=1S/C19H15N5/c1-2-7-16-15(6-1)23-19(17-11-20-12-24(16)17)22-10-14-5-3-4-13-8-9-21-18(13)14/h1-9,11-12,21H,10H2,(H,22,23). The second-order valence-electron chi connectivity index (χ2n) is 5.81. The van der Waals surface area contributed by atoms with Gasteiger partial charge in [-0.1, -0.05) is 30.3 Å². The fourth-order valence-corrected chi connectivity index (χ4v) is 3.21. The summed E-state index contributed by atoms with van der Waals surface area (Å²) in [5.74, 6) is 0.842. The number of anilines is 1. The summed E-state index contributed by atoms with van der Waals surface area (Å²) in [6.07, 6.45) is 5.64. The number of aromatic amines is 1. The van der Waals surface area contributed by atoms with E-state index in [2.05, 4.69) is 50.0 Å². The lowest BCUT2D eigenvalue weighted by molar-refractivity contribution is 1.11. The van der Waals surface area contributed by atoms with Crippen molar-refractivity contribution in [1.82, 2.24) is 19.4 Å². The lowest BCUT2D eigenvalue weighted by Gasteiger charge is -2.10. The van der Waals surface area contributed by atoms with E-state index in [1.165, 1.54) is 10.9 Å². The van der Waals surface area contributed by atoms with Crippen LogP contribution >= 0.6 is 0 Å². The molecule has 5 aromatic rings. The van der Waals surface area contributed by atoms with Gasteiger partial charge in [-0.15, -0.1) is 0 Å². The van der Waals surface area contributed by atoms with Crippen LogP contribution in [0.5, 0.6) is 0 Å². The molecule has 0 saturated heterocycles. The van der Waals surface area contributed by atoms with E-state index in [1.807, 2.05) is 36.9 Å². The highest BCUT2D eigenvalue weighted by molar-refractivity contribution is 5.85. The van der Waals surface area contributed by atoms with Gasteiger partial charge in [-0.3, -0.25) is 4.40 Å². The van der Waals surface area contributed by atoms with Gasteiger partial charge in [-0.05, 0) is 29.1 Å². The SMILES string of the molecule is c1cc(CNc2nc3ccccc3n3cncc23)c2[nH]ccc2c1. The largest absolute Gasteiger partial charge is 0.364 e. The number of aromatic nitrogens is 4.